The van der Waals surface area contributed by atoms with Crippen molar-refractivity contribution in [1.29, 1.82) is 0 Å². The topological polar surface area (TPSA) is 88.6 Å². The Morgan fingerprint density at radius 1 is 0.913 bits per heavy atom. The number of fused-ring (bicyclic) bond motifs is 1. The van der Waals surface area contributed by atoms with E-state index in [4.69, 9.17) is 25.8 Å². The minimum Gasteiger partial charge on any atom is -0.493 e. The minimum atomic E-state index is -0.631. The first-order valence-electron chi connectivity index (χ1n) is 15.6. The third-order valence-corrected chi connectivity index (χ3v) is 8.42. The predicted molar refractivity (Wildman–Crippen MR) is 178 cm³/mol. The fraction of sp³-hybridized carbons (Fsp3) is 0.417. The molecule has 0 N–H and O–H groups in total. The molecule has 1 saturated heterocycles. The number of piperazine rings is 1. The van der Waals surface area contributed by atoms with Crippen molar-refractivity contribution in [3.63, 3.8) is 0 Å². The molecule has 2 heterocycles. The van der Waals surface area contributed by atoms with Crippen LogP contribution in [0, 0.1) is 0 Å². The molecule has 0 bridgehead atoms. The van der Waals surface area contributed by atoms with Gasteiger partial charge in [-0.1, -0.05) is 35.9 Å². The molecule has 0 aromatic heterocycles. The van der Waals surface area contributed by atoms with E-state index in [2.05, 4.69) is 0 Å². The van der Waals surface area contributed by atoms with Crippen molar-refractivity contribution in [2.24, 2.45) is 0 Å². The van der Waals surface area contributed by atoms with Crippen molar-refractivity contribution >= 4 is 35.2 Å². The van der Waals surface area contributed by atoms with Crippen LogP contribution in [0.5, 0.6) is 11.5 Å². The van der Waals surface area contributed by atoms with Gasteiger partial charge in [-0.2, -0.15) is 0 Å². The van der Waals surface area contributed by atoms with Gasteiger partial charge in [0.05, 0.1) is 31.7 Å². The first-order valence-corrected chi connectivity index (χ1v) is 16.0. The standard InChI is InChI=1S/C36H42ClN3O6/c1-22(2)45-31-20-29-26(18-30(31)44-7)19-32(41)40(34(29)25-8-12-27(37)13-9-25)28-14-10-24(11-15-28)23(3)39-17-16-38(21-33(39)42)35(43)46-36(4,5)6/h8-15,18,20,22-23,34H,16-17,19,21H2,1-7H3. The molecule has 2 aliphatic heterocycles. The fourth-order valence-corrected chi connectivity index (χ4v) is 6.13. The second-order valence-electron chi connectivity index (χ2n) is 13.0. The maximum absolute atomic E-state index is 13.9. The molecule has 244 valence electrons. The minimum absolute atomic E-state index is 0.0326. The zero-order valence-corrected chi connectivity index (χ0v) is 28.3. The Balaban J connectivity index is 1.43. The molecule has 2 aliphatic rings. The molecular formula is C36H42ClN3O6. The van der Waals surface area contributed by atoms with Gasteiger partial charge in [0.2, 0.25) is 11.8 Å². The van der Waals surface area contributed by atoms with E-state index in [9.17, 15) is 14.4 Å². The van der Waals surface area contributed by atoms with E-state index >= 15 is 0 Å². The van der Waals surface area contributed by atoms with Crippen LogP contribution in [-0.4, -0.2) is 66.2 Å². The third-order valence-electron chi connectivity index (χ3n) is 8.17. The first kappa shape index (κ1) is 33.1. The predicted octanol–water partition coefficient (Wildman–Crippen LogP) is 6.95. The Labute approximate surface area is 276 Å². The zero-order valence-electron chi connectivity index (χ0n) is 27.5. The summed E-state index contributed by atoms with van der Waals surface area (Å²) in [5.74, 6) is 1.00. The molecule has 0 aliphatic carbocycles. The molecule has 3 aromatic rings. The van der Waals surface area contributed by atoms with Gasteiger partial charge in [-0.3, -0.25) is 14.5 Å². The molecule has 0 radical (unpaired) electrons. The Morgan fingerprint density at radius 3 is 2.17 bits per heavy atom. The number of ether oxygens (including phenoxy) is 3. The summed E-state index contributed by atoms with van der Waals surface area (Å²) in [6, 6.07) is 18.5. The van der Waals surface area contributed by atoms with E-state index in [0.29, 0.717) is 29.6 Å². The molecule has 0 saturated carbocycles. The smallest absolute Gasteiger partial charge is 0.410 e. The van der Waals surface area contributed by atoms with E-state index in [0.717, 1.165) is 27.9 Å². The van der Waals surface area contributed by atoms with Gasteiger partial charge in [-0.25, -0.2) is 4.79 Å². The van der Waals surface area contributed by atoms with Crippen LogP contribution in [-0.2, 0) is 20.7 Å². The van der Waals surface area contributed by atoms with Gasteiger partial charge in [0, 0.05) is 23.8 Å². The van der Waals surface area contributed by atoms with Crippen LogP contribution >= 0.6 is 11.6 Å². The number of anilines is 1. The van der Waals surface area contributed by atoms with Crippen molar-refractivity contribution in [2.45, 2.75) is 71.8 Å². The zero-order chi connectivity index (χ0) is 33.3. The Hall–Kier alpha value is -4.24. The van der Waals surface area contributed by atoms with Crippen molar-refractivity contribution in [1.82, 2.24) is 9.80 Å². The molecule has 9 nitrogen and oxygen atoms in total. The highest BCUT2D eigenvalue weighted by molar-refractivity contribution is 6.30. The van der Waals surface area contributed by atoms with Crippen LogP contribution in [0.1, 0.15) is 75.9 Å². The summed E-state index contributed by atoms with van der Waals surface area (Å²) in [7, 11) is 1.60. The van der Waals surface area contributed by atoms with Gasteiger partial charge in [0.1, 0.15) is 12.1 Å². The number of carbonyl (C=O) groups is 3. The lowest BCUT2D eigenvalue weighted by Gasteiger charge is -2.39. The van der Waals surface area contributed by atoms with Crippen molar-refractivity contribution in [3.8, 4) is 11.5 Å². The van der Waals surface area contributed by atoms with E-state index in [1.54, 1.807) is 32.8 Å². The summed E-state index contributed by atoms with van der Waals surface area (Å²) in [6.45, 7) is 12.1. The molecule has 3 aromatic carbocycles. The van der Waals surface area contributed by atoms with Gasteiger partial charge < -0.3 is 24.0 Å². The lowest BCUT2D eigenvalue weighted by molar-refractivity contribution is -0.138. The summed E-state index contributed by atoms with van der Waals surface area (Å²) in [4.78, 5) is 44.6. The number of benzene rings is 3. The number of hydrogen-bond donors (Lipinski definition) is 0. The second-order valence-corrected chi connectivity index (χ2v) is 13.5. The van der Waals surface area contributed by atoms with Gasteiger partial charge in [0.25, 0.3) is 0 Å². The highest BCUT2D eigenvalue weighted by atomic mass is 35.5. The van der Waals surface area contributed by atoms with Crippen LogP contribution in [0.25, 0.3) is 0 Å². The number of carbonyl (C=O) groups excluding carboxylic acids is 3. The van der Waals surface area contributed by atoms with Crippen LogP contribution in [0.4, 0.5) is 10.5 Å². The molecule has 46 heavy (non-hydrogen) atoms. The number of halogens is 1. The average Bonchev–Trinajstić information content (AvgIpc) is 2.99. The number of methoxy groups -OCH3 is 1. The van der Waals surface area contributed by atoms with Crippen molar-refractivity contribution < 1.29 is 28.6 Å². The van der Waals surface area contributed by atoms with Crippen LogP contribution in [0.15, 0.2) is 60.7 Å². The molecular weight excluding hydrogens is 606 g/mol. The van der Waals surface area contributed by atoms with Crippen LogP contribution < -0.4 is 14.4 Å². The summed E-state index contributed by atoms with van der Waals surface area (Å²) in [5.41, 5.74) is 3.76. The molecule has 3 amide bonds. The number of nitrogens with zero attached hydrogens (tertiary/aromatic N) is 3. The van der Waals surface area contributed by atoms with Crippen molar-refractivity contribution in [3.05, 3.63) is 87.9 Å². The van der Waals surface area contributed by atoms with Crippen LogP contribution in [0.3, 0.4) is 0 Å². The number of rotatable bonds is 7. The Kier molecular flexibility index (Phi) is 9.54. The second kappa shape index (κ2) is 13.2. The summed E-state index contributed by atoms with van der Waals surface area (Å²) in [5, 5.41) is 0.607. The number of amides is 3. The third kappa shape index (κ3) is 7.09. The highest BCUT2D eigenvalue weighted by Crippen LogP contribution is 2.44. The van der Waals surface area contributed by atoms with Gasteiger partial charge in [0.15, 0.2) is 11.5 Å². The quantitative estimate of drug-likeness (QED) is 0.276. The molecule has 2 unspecified atom stereocenters. The largest absolute Gasteiger partial charge is 0.493 e. The van der Waals surface area contributed by atoms with E-state index in [1.807, 2.05) is 86.3 Å². The van der Waals surface area contributed by atoms with E-state index < -0.39 is 17.7 Å². The Morgan fingerprint density at radius 2 is 1.59 bits per heavy atom. The fourth-order valence-electron chi connectivity index (χ4n) is 6.00. The summed E-state index contributed by atoms with van der Waals surface area (Å²) >= 11 is 6.25. The Bertz CT molecular complexity index is 1600. The lowest BCUT2D eigenvalue weighted by atomic mass is 9.86. The highest BCUT2D eigenvalue weighted by Gasteiger charge is 2.37. The summed E-state index contributed by atoms with van der Waals surface area (Å²) < 4.78 is 17.2. The van der Waals surface area contributed by atoms with Gasteiger partial charge >= 0.3 is 6.09 Å². The van der Waals surface area contributed by atoms with Gasteiger partial charge in [-0.05, 0) is 100 Å². The maximum Gasteiger partial charge on any atom is 0.410 e. The SMILES string of the molecule is COc1cc2c(cc1OC(C)C)C(c1ccc(Cl)cc1)N(c1ccc(C(C)N3CCN(C(=O)OC(C)(C)C)CC3=O)cc1)C(=O)C2. The molecule has 5 rings (SSSR count). The van der Waals surface area contributed by atoms with Crippen LogP contribution in [0.2, 0.25) is 5.02 Å². The summed E-state index contributed by atoms with van der Waals surface area (Å²) in [6.07, 6.45) is -0.349. The van der Waals surface area contributed by atoms with Gasteiger partial charge in [-0.15, -0.1) is 0 Å². The van der Waals surface area contributed by atoms with Crippen molar-refractivity contribution in [2.75, 3.05) is 31.6 Å². The monoisotopic (exact) mass is 647 g/mol. The number of hydrogen-bond acceptors (Lipinski definition) is 6. The average molecular weight is 648 g/mol. The maximum atomic E-state index is 13.9. The first-order chi connectivity index (χ1) is 21.8. The normalized spacial score (nSPS) is 17.6. The molecule has 2 atom stereocenters. The van der Waals surface area contributed by atoms with E-state index in [1.165, 1.54) is 4.90 Å². The molecule has 10 heteroatoms. The molecule has 1 fully saturated rings. The lowest BCUT2D eigenvalue weighted by Crippen LogP contribution is -2.53. The van der Waals surface area contributed by atoms with E-state index in [-0.39, 0.29) is 36.9 Å². The molecule has 0 spiro atoms.